The molecule has 6 nitrogen and oxygen atoms in total. The predicted octanol–water partition coefficient (Wildman–Crippen LogP) is 3.96. The molecular weight excluding hydrogens is 396 g/mol. The van der Waals surface area contributed by atoms with E-state index in [2.05, 4.69) is 32.2 Å². The van der Waals surface area contributed by atoms with Gasteiger partial charge < -0.3 is 14.6 Å². The fraction of sp³-hybridized carbons (Fsp3) is 0.348. The lowest BCUT2D eigenvalue weighted by molar-refractivity contribution is -0.120. The highest BCUT2D eigenvalue weighted by Crippen LogP contribution is 2.29. The normalized spacial score (nSPS) is 14.3. The van der Waals surface area contributed by atoms with Crippen molar-refractivity contribution in [1.82, 2.24) is 20.1 Å². The highest BCUT2D eigenvalue weighted by Gasteiger charge is 2.27. The van der Waals surface area contributed by atoms with Crippen LogP contribution in [0.25, 0.3) is 11.4 Å². The fourth-order valence-electron chi connectivity index (χ4n) is 3.17. The minimum absolute atomic E-state index is 0.0612. The first-order valence-corrected chi connectivity index (χ1v) is 11.1. The number of carbonyl (C=O) groups excluding carboxylic acids is 1. The molecule has 0 aliphatic heterocycles. The third-order valence-corrected chi connectivity index (χ3v) is 6.19. The Bertz CT molecular complexity index is 984. The van der Waals surface area contributed by atoms with Gasteiger partial charge in [0, 0.05) is 18.2 Å². The number of aromatic nitrogens is 3. The van der Waals surface area contributed by atoms with Crippen LogP contribution in [0.5, 0.6) is 5.75 Å². The number of methoxy groups -OCH3 is 1. The van der Waals surface area contributed by atoms with Crippen molar-refractivity contribution in [3.05, 3.63) is 60.2 Å². The molecule has 0 bridgehead atoms. The van der Waals surface area contributed by atoms with Crippen molar-refractivity contribution < 1.29 is 9.53 Å². The van der Waals surface area contributed by atoms with Crippen molar-refractivity contribution in [2.24, 2.45) is 0 Å². The highest BCUT2D eigenvalue weighted by molar-refractivity contribution is 8.00. The van der Waals surface area contributed by atoms with Crippen LogP contribution < -0.4 is 10.1 Å². The zero-order valence-corrected chi connectivity index (χ0v) is 18.1. The van der Waals surface area contributed by atoms with E-state index in [1.54, 1.807) is 7.11 Å². The molecule has 2 aromatic carbocycles. The number of carbonyl (C=O) groups is 1. The Morgan fingerprint density at radius 3 is 2.57 bits per heavy atom. The number of nitrogens with zero attached hydrogens (tertiary/aromatic N) is 3. The number of ether oxygens (including phenoxy) is 1. The van der Waals surface area contributed by atoms with Gasteiger partial charge in [-0.15, -0.1) is 10.2 Å². The van der Waals surface area contributed by atoms with Crippen molar-refractivity contribution in [2.45, 2.75) is 49.2 Å². The number of thioether (sulfide) groups is 1. The topological polar surface area (TPSA) is 69.0 Å². The van der Waals surface area contributed by atoms with Crippen LogP contribution in [0, 0.1) is 0 Å². The second-order valence-electron chi connectivity index (χ2n) is 7.46. The van der Waals surface area contributed by atoms with Crippen molar-refractivity contribution in [1.29, 1.82) is 0 Å². The van der Waals surface area contributed by atoms with Crippen molar-refractivity contribution in [3.63, 3.8) is 0 Å². The van der Waals surface area contributed by atoms with Gasteiger partial charge in [0.2, 0.25) is 5.91 Å². The first kappa shape index (κ1) is 20.5. The molecule has 1 aliphatic carbocycles. The zero-order chi connectivity index (χ0) is 20.9. The first-order valence-electron chi connectivity index (χ1n) is 10.2. The van der Waals surface area contributed by atoms with Gasteiger partial charge in [0.15, 0.2) is 11.0 Å². The van der Waals surface area contributed by atoms with E-state index in [4.69, 9.17) is 4.74 Å². The Kier molecular flexibility index (Phi) is 6.38. The highest BCUT2D eigenvalue weighted by atomic mass is 32.2. The smallest absolute Gasteiger partial charge is 0.233 e. The predicted molar refractivity (Wildman–Crippen MR) is 119 cm³/mol. The number of aryl methyl sites for hydroxylation is 1. The lowest BCUT2D eigenvalue weighted by Crippen LogP contribution is -2.32. The molecule has 1 atom stereocenters. The summed E-state index contributed by atoms with van der Waals surface area (Å²) in [6, 6.07) is 18.5. The van der Waals surface area contributed by atoms with Crippen LogP contribution in [0.3, 0.4) is 0 Å². The number of benzene rings is 2. The van der Waals surface area contributed by atoms with Gasteiger partial charge in [-0.05, 0) is 56.0 Å². The second kappa shape index (κ2) is 9.34. The molecule has 0 unspecified atom stereocenters. The molecule has 7 heteroatoms. The van der Waals surface area contributed by atoms with Crippen LogP contribution in [-0.2, 0) is 17.8 Å². The molecule has 1 amide bonds. The molecule has 1 fully saturated rings. The molecule has 30 heavy (non-hydrogen) atoms. The Labute approximate surface area is 181 Å². The van der Waals surface area contributed by atoms with Crippen LogP contribution in [-0.4, -0.2) is 39.1 Å². The van der Waals surface area contributed by atoms with Crippen LogP contribution in [0.15, 0.2) is 59.8 Å². The fourth-order valence-corrected chi connectivity index (χ4v) is 4.06. The van der Waals surface area contributed by atoms with Gasteiger partial charge >= 0.3 is 0 Å². The number of rotatable bonds is 9. The maximum absolute atomic E-state index is 12.4. The van der Waals surface area contributed by atoms with Crippen molar-refractivity contribution >= 4 is 17.7 Å². The minimum atomic E-state index is -0.228. The largest absolute Gasteiger partial charge is 0.497 e. The maximum atomic E-state index is 12.4. The maximum Gasteiger partial charge on any atom is 0.233 e. The third-order valence-electron chi connectivity index (χ3n) is 5.11. The third kappa shape index (κ3) is 5.02. The molecule has 1 N–H and O–H groups in total. The summed E-state index contributed by atoms with van der Waals surface area (Å²) in [7, 11) is 1.65. The van der Waals surface area contributed by atoms with E-state index in [9.17, 15) is 4.79 Å². The Balaban J connectivity index is 1.57. The molecule has 1 aliphatic rings. The molecule has 1 heterocycles. The lowest BCUT2D eigenvalue weighted by Gasteiger charge is -2.14. The summed E-state index contributed by atoms with van der Waals surface area (Å²) < 4.78 is 7.38. The summed E-state index contributed by atoms with van der Waals surface area (Å²) in [6.07, 6.45) is 3.02. The first-order chi connectivity index (χ1) is 14.6. The molecule has 3 aromatic rings. The number of amides is 1. The molecule has 4 rings (SSSR count). The van der Waals surface area contributed by atoms with Crippen LogP contribution >= 0.6 is 11.8 Å². The van der Waals surface area contributed by atoms with Gasteiger partial charge in [-0.3, -0.25) is 4.79 Å². The zero-order valence-electron chi connectivity index (χ0n) is 17.2. The van der Waals surface area contributed by atoms with E-state index in [-0.39, 0.29) is 11.2 Å². The molecule has 0 saturated heterocycles. The monoisotopic (exact) mass is 422 g/mol. The van der Waals surface area contributed by atoms with E-state index < -0.39 is 0 Å². The van der Waals surface area contributed by atoms with Crippen LogP contribution in [0.4, 0.5) is 0 Å². The molecule has 1 saturated carbocycles. The molecule has 0 radical (unpaired) electrons. The van der Waals surface area contributed by atoms with E-state index in [1.165, 1.54) is 17.3 Å². The summed E-state index contributed by atoms with van der Waals surface area (Å²) in [6.45, 7) is 2.66. The summed E-state index contributed by atoms with van der Waals surface area (Å²) in [4.78, 5) is 12.4. The average Bonchev–Trinajstić information content (AvgIpc) is 3.51. The molecule has 0 spiro atoms. The summed E-state index contributed by atoms with van der Waals surface area (Å²) in [5.41, 5.74) is 2.22. The van der Waals surface area contributed by atoms with Crippen LogP contribution in [0.1, 0.15) is 25.3 Å². The van der Waals surface area contributed by atoms with Gasteiger partial charge in [0.25, 0.3) is 0 Å². The lowest BCUT2D eigenvalue weighted by atomic mass is 10.1. The van der Waals surface area contributed by atoms with Gasteiger partial charge in [0.1, 0.15) is 5.75 Å². The molecule has 1 aromatic heterocycles. The second-order valence-corrected chi connectivity index (χ2v) is 8.77. The van der Waals surface area contributed by atoms with E-state index in [0.717, 1.165) is 48.1 Å². The Morgan fingerprint density at radius 2 is 1.90 bits per heavy atom. The van der Waals surface area contributed by atoms with Gasteiger partial charge in [0.05, 0.1) is 12.4 Å². The number of hydrogen-bond acceptors (Lipinski definition) is 5. The number of nitrogens with one attached hydrogen (secondary N) is 1. The van der Waals surface area contributed by atoms with Gasteiger partial charge in [-0.25, -0.2) is 0 Å². The Morgan fingerprint density at radius 1 is 1.17 bits per heavy atom. The summed E-state index contributed by atoms with van der Waals surface area (Å²) >= 11 is 1.46. The van der Waals surface area contributed by atoms with Gasteiger partial charge in [-0.1, -0.05) is 42.1 Å². The summed E-state index contributed by atoms with van der Waals surface area (Å²) in [5, 5.41) is 12.5. The molecule has 156 valence electrons. The van der Waals surface area contributed by atoms with E-state index in [0.29, 0.717) is 6.04 Å². The molecular formula is C23H26N4O2S. The Hall–Kier alpha value is -2.80. The van der Waals surface area contributed by atoms with Crippen molar-refractivity contribution in [3.8, 4) is 17.1 Å². The van der Waals surface area contributed by atoms with E-state index >= 15 is 0 Å². The SMILES string of the molecule is COc1ccc(-c2nnc(S[C@@H](C)C(=O)NC3CC3)n2CCc2ccccc2)cc1. The standard InChI is InChI=1S/C23H26N4O2S/c1-16(22(28)24-19-10-11-19)30-23-26-25-21(18-8-12-20(29-2)13-9-18)27(23)15-14-17-6-4-3-5-7-17/h3-9,12-13,16,19H,10-11,14-15H2,1-2H3,(H,24,28)/t16-/m0/s1. The quantitative estimate of drug-likeness (QED) is 0.529. The van der Waals surface area contributed by atoms with Gasteiger partial charge in [-0.2, -0.15) is 0 Å². The van der Waals surface area contributed by atoms with E-state index in [1.807, 2.05) is 49.4 Å². The van der Waals surface area contributed by atoms with Crippen molar-refractivity contribution in [2.75, 3.05) is 7.11 Å². The average molecular weight is 423 g/mol. The number of hydrogen-bond donors (Lipinski definition) is 1. The minimum Gasteiger partial charge on any atom is -0.497 e. The summed E-state index contributed by atoms with van der Waals surface area (Å²) in [5.74, 6) is 1.66. The van der Waals surface area contributed by atoms with Crippen LogP contribution in [0.2, 0.25) is 0 Å².